The normalized spacial score (nSPS) is 17.4. The first-order valence-electron chi connectivity index (χ1n) is 10.2. The molecular formula is C22H25N3O7S. The lowest BCUT2D eigenvalue weighted by Gasteiger charge is -2.30. The van der Waals surface area contributed by atoms with Crippen molar-refractivity contribution in [1.82, 2.24) is 14.9 Å². The van der Waals surface area contributed by atoms with Crippen LogP contribution in [-0.4, -0.2) is 54.3 Å². The molecule has 2 atom stereocenters. The summed E-state index contributed by atoms with van der Waals surface area (Å²) in [5.74, 6) is -0.701. The number of carbonyl (C=O) groups excluding carboxylic acids is 1. The van der Waals surface area contributed by atoms with Crippen molar-refractivity contribution in [3.63, 3.8) is 0 Å². The second-order valence-electron chi connectivity index (χ2n) is 7.44. The highest BCUT2D eigenvalue weighted by Crippen LogP contribution is 2.44. The summed E-state index contributed by atoms with van der Waals surface area (Å²) < 4.78 is 42.0. The predicted octanol–water partition coefficient (Wildman–Crippen LogP) is 2.03. The van der Waals surface area contributed by atoms with Crippen LogP contribution in [0.1, 0.15) is 35.3 Å². The number of aliphatic hydroxyl groups is 1. The van der Waals surface area contributed by atoms with Gasteiger partial charge in [-0.2, -0.15) is 0 Å². The fourth-order valence-electron chi connectivity index (χ4n) is 4.17. The highest BCUT2D eigenvalue weighted by atomic mass is 32.2. The van der Waals surface area contributed by atoms with E-state index in [0.717, 1.165) is 5.56 Å². The predicted molar refractivity (Wildman–Crippen MR) is 123 cm³/mol. The van der Waals surface area contributed by atoms with Crippen molar-refractivity contribution in [2.75, 3.05) is 13.7 Å². The number of ether oxygens (including phenoxy) is 2. The van der Waals surface area contributed by atoms with Gasteiger partial charge in [0.2, 0.25) is 10.1 Å². The first-order valence-corrected chi connectivity index (χ1v) is 11.7. The molecule has 3 heterocycles. The largest absolute Gasteiger partial charge is 0.474 e. The molecule has 2 unspecified atom stereocenters. The number of esters is 1. The van der Waals surface area contributed by atoms with Crippen LogP contribution in [0.2, 0.25) is 0 Å². The fourth-order valence-corrected chi connectivity index (χ4v) is 5.37. The first-order chi connectivity index (χ1) is 15.7. The van der Waals surface area contributed by atoms with E-state index in [-0.39, 0.29) is 34.0 Å². The molecule has 0 bridgehead atoms. The lowest BCUT2D eigenvalue weighted by molar-refractivity contribution is 0.0588. The first kappa shape index (κ1) is 23.2. The Balaban J connectivity index is 2.30. The van der Waals surface area contributed by atoms with Gasteiger partial charge in [0.25, 0.3) is 0 Å². The Labute approximate surface area is 191 Å². The summed E-state index contributed by atoms with van der Waals surface area (Å²) in [4.78, 5) is 16.9. The molecule has 0 saturated carbocycles. The SMILES string of the molecule is CCOS(=O)(O)=C1NC(C)Oc2c(C(=O)OC)c(CO)c3c(c(-c4cccnc4)cn3C)c21. The third-order valence-corrected chi connectivity index (χ3v) is 6.78. The third-order valence-electron chi connectivity index (χ3n) is 5.39. The van der Waals surface area contributed by atoms with Crippen LogP contribution < -0.4 is 10.1 Å². The molecule has 176 valence electrons. The standard InChI is InChI=1S/C22H25N3O7S/c1-5-31-33(28,29)21-18-16-14(13-7-6-8-23-9-13)10-25(3)19(16)15(11-26)17(22(27)30-4)20(18)32-12(2)24-21/h6-10,12,24,26H,5,11H2,1-4H3,(H,28,29). The van der Waals surface area contributed by atoms with Gasteiger partial charge in [0.05, 0.1) is 31.4 Å². The van der Waals surface area contributed by atoms with Gasteiger partial charge < -0.3 is 19.1 Å². The summed E-state index contributed by atoms with van der Waals surface area (Å²) in [5, 5.41) is 13.7. The number of benzene rings is 1. The fraction of sp³-hybridized carbons (Fsp3) is 0.318. The Kier molecular flexibility index (Phi) is 6.16. The maximum absolute atomic E-state index is 13.2. The van der Waals surface area contributed by atoms with Crippen LogP contribution in [0.3, 0.4) is 0 Å². The Morgan fingerprint density at radius 1 is 1.42 bits per heavy atom. The van der Waals surface area contributed by atoms with E-state index in [1.54, 1.807) is 50.1 Å². The number of methoxy groups -OCH3 is 1. The summed E-state index contributed by atoms with van der Waals surface area (Å²) in [5.41, 5.74) is 2.35. The van der Waals surface area contributed by atoms with Gasteiger partial charge in [-0.25, -0.2) is 14.3 Å². The van der Waals surface area contributed by atoms with E-state index in [1.165, 1.54) is 7.11 Å². The maximum atomic E-state index is 13.2. The van der Waals surface area contributed by atoms with Crippen LogP contribution >= 0.6 is 0 Å². The molecule has 3 aromatic rings. The van der Waals surface area contributed by atoms with Crippen LogP contribution in [0, 0.1) is 0 Å². The number of rotatable bonds is 5. The van der Waals surface area contributed by atoms with Gasteiger partial charge in [-0.1, -0.05) is 6.07 Å². The van der Waals surface area contributed by atoms with Crippen LogP contribution in [0.15, 0.2) is 30.7 Å². The van der Waals surface area contributed by atoms with Crippen LogP contribution in [0.5, 0.6) is 5.75 Å². The summed E-state index contributed by atoms with van der Waals surface area (Å²) in [6.07, 6.45) is 4.33. The zero-order chi connectivity index (χ0) is 23.9. The van der Waals surface area contributed by atoms with Gasteiger partial charge in [0.15, 0.2) is 6.23 Å². The van der Waals surface area contributed by atoms with Crippen molar-refractivity contribution in [2.45, 2.75) is 26.7 Å². The van der Waals surface area contributed by atoms with Crippen molar-refractivity contribution in [1.29, 1.82) is 0 Å². The molecule has 0 saturated heterocycles. The van der Waals surface area contributed by atoms with Crippen molar-refractivity contribution in [2.24, 2.45) is 7.05 Å². The van der Waals surface area contributed by atoms with Gasteiger partial charge in [0.1, 0.15) is 16.3 Å². The Hall–Kier alpha value is -2.96. The molecule has 0 amide bonds. The second kappa shape index (κ2) is 8.76. The van der Waals surface area contributed by atoms with E-state index in [0.29, 0.717) is 16.5 Å². The molecular weight excluding hydrogens is 450 g/mol. The lowest BCUT2D eigenvalue weighted by atomic mass is 9.93. The van der Waals surface area contributed by atoms with E-state index < -0.39 is 28.9 Å². The van der Waals surface area contributed by atoms with Crippen molar-refractivity contribution in [3.05, 3.63) is 47.4 Å². The number of carbonyl (C=O) groups is 1. The molecule has 3 N–H and O–H groups in total. The number of fused-ring (bicyclic) bond motifs is 3. The number of hydrogen-bond acceptors (Lipinski definition) is 7. The minimum atomic E-state index is -3.99. The summed E-state index contributed by atoms with van der Waals surface area (Å²) in [6, 6.07) is 3.62. The van der Waals surface area contributed by atoms with Crippen LogP contribution in [0.25, 0.3) is 22.0 Å². The van der Waals surface area contributed by atoms with E-state index >= 15 is 0 Å². The lowest BCUT2D eigenvalue weighted by Crippen LogP contribution is -2.46. The Morgan fingerprint density at radius 3 is 2.79 bits per heavy atom. The zero-order valence-electron chi connectivity index (χ0n) is 18.6. The monoisotopic (exact) mass is 475 g/mol. The molecule has 1 aliphatic heterocycles. The topological polar surface area (TPSA) is 132 Å². The molecule has 11 heteroatoms. The minimum Gasteiger partial charge on any atom is -0.474 e. The average molecular weight is 476 g/mol. The second-order valence-corrected chi connectivity index (χ2v) is 9.04. The summed E-state index contributed by atoms with van der Waals surface area (Å²) in [6.45, 7) is 2.73. The smallest absolute Gasteiger partial charge is 0.342 e. The van der Waals surface area contributed by atoms with E-state index in [9.17, 15) is 18.7 Å². The number of aromatic nitrogens is 2. The minimum absolute atomic E-state index is 0.0148. The zero-order valence-corrected chi connectivity index (χ0v) is 19.4. The van der Waals surface area contributed by atoms with Crippen molar-refractivity contribution in [3.8, 4) is 16.9 Å². The molecule has 0 aliphatic carbocycles. The van der Waals surface area contributed by atoms with Gasteiger partial charge in [-0.3, -0.25) is 13.7 Å². The molecule has 33 heavy (non-hydrogen) atoms. The van der Waals surface area contributed by atoms with Gasteiger partial charge in [-0.05, 0) is 19.9 Å². The molecule has 4 rings (SSSR count). The summed E-state index contributed by atoms with van der Waals surface area (Å²) in [7, 11) is -1.02. The molecule has 0 fully saturated rings. The molecule has 1 aliphatic rings. The Bertz CT molecular complexity index is 1360. The number of nitrogens with one attached hydrogen (secondary N) is 1. The number of nitrogens with zero attached hydrogens (tertiary/aromatic N) is 2. The van der Waals surface area contributed by atoms with Gasteiger partial charge >= 0.3 is 5.97 Å². The summed E-state index contributed by atoms with van der Waals surface area (Å²) >= 11 is 0. The van der Waals surface area contributed by atoms with Crippen molar-refractivity contribution >= 4 is 31.9 Å². The number of hydrogen-bond donors (Lipinski definition) is 3. The number of aliphatic hydroxyl groups excluding tert-OH is 1. The quantitative estimate of drug-likeness (QED) is 0.374. The number of aryl methyl sites for hydroxylation is 1. The molecule has 10 nitrogen and oxygen atoms in total. The highest BCUT2D eigenvalue weighted by Gasteiger charge is 2.37. The van der Waals surface area contributed by atoms with E-state index in [4.69, 9.17) is 13.7 Å². The molecule has 0 spiro atoms. The average Bonchev–Trinajstić information content (AvgIpc) is 3.14. The van der Waals surface area contributed by atoms with Gasteiger partial charge in [0, 0.05) is 47.7 Å². The van der Waals surface area contributed by atoms with E-state index in [1.807, 2.05) is 6.07 Å². The van der Waals surface area contributed by atoms with Crippen molar-refractivity contribution < 1.29 is 32.3 Å². The third kappa shape index (κ3) is 3.77. The van der Waals surface area contributed by atoms with Crippen LogP contribution in [-0.2, 0) is 32.7 Å². The maximum Gasteiger partial charge on any atom is 0.342 e. The molecule has 1 aromatic carbocycles. The van der Waals surface area contributed by atoms with E-state index in [2.05, 4.69) is 10.3 Å². The Morgan fingerprint density at radius 2 is 2.18 bits per heavy atom. The molecule has 0 radical (unpaired) electrons. The number of pyridine rings is 1. The van der Waals surface area contributed by atoms with Crippen LogP contribution in [0.4, 0.5) is 0 Å². The van der Waals surface area contributed by atoms with Gasteiger partial charge in [-0.15, -0.1) is 0 Å². The molecule has 2 aromatic heterocycles. The highest BCUT2D eigenvalue weighted by molar-refractivity contribution is 7.93.